The normalized spacial score (nSPS) is 20.2. The number of ether oxygens (including phenoxy) is 2. The molecule has 0 saturated carbocycles. The molecule has 0 radical (unpaired) electrons. The van der Waals surface area contributed by atoms with Crippen LogP contribution in [0.1, 0.15) is 5.56 Å². The molecule has 1 aliphatic rings. The van der Waals surface area contributed by atoms with Crippen LogP contribution in [-0.2, 0) is 15.7 Å². The molecule has 112 valence electrons. The van der Waals surface area contributed by atoms with E-state index < -0.39 is 11.7 Å². The second-order valence-corrected chi connectivity index (χ2v) is 4.82. The van der Waals surface area contributed by atoms with Gasteiger partial charge in [0.1, 0.15) is 11.0 Å². The van der Waals surface area contributed by atoms with Crippen LogP contribution in [0, 0.1) is 0 Å². The van der Waals surface area contributed by atoms with Crippen molar-refractivity contribution in [3.8, 4) is 0 Å². The van der Waals surface area contributed by atoms with Crippen LogP contribution in [0.2, 0.25) is 5.15 Å². The molecule has 0 aliphatic carbocycles. The lowest BCUT2D eigenvalue weighted by atomic mass is 10.2. The Hall–Kier alpha value is -1.05. The fourth-order valence-electron chi connectivity index (χ4n) is 2.02. The van der Waals surface area contributed by atoms with Crippen LogP contribution in [0.15, 0.2) is 12.1 Å². The van der Waals surface area contributed by atoms with Gasteiger partial charge in [-0.25, -0.2) is 4.98 Å². The van der Waals surface area contributed by atoms with Gasteiger partial charge < -0.3 is 14.4 Å². The first kappa shape index (κ1) is 15.3. The molecule has 2 rings (SSSR count). The summed E-state index contributed by atoms with van der Waals surface area (Å²) in [6.45, 7) is 1.66. The van der Waals surface area contributed by atoms with Crippen molar-refractivity contribution < 1.29 is 22.6 Å². The highest BCUT2D eigenvalue weighted by atomic mass is 35.5. The molecule has 0 amide bonds. The summed E-state index contributed by atoms with van der Waals surface area (Å²) in [6.07, 6.45) is -4.64. The lowest BCUT2D eigenvalue weighted by Crippen LogP contribution is -2.44. The van der Waals surface area contributed by atoms with Gasteiger partial charge in [-0.2, -0.15) is 13.2 Å². The molecule has 1 saturated heterocycles. The topological polar surface area (TPSA) is 34.6 Å². The molecule has 0 N–H and O–H groups in total. The molecule has 1 unspecified atom stereocenters. The van der Waals surface area contributed by atoms with E-state index in [0.717, 1.165) is 12.1 Å². The first-order valence-corrected chi connectivity index (χ1v) is 6.38. The molecule has 8 heteroatoms. The van der Waals surface area contributed by atoms with Crippen LogP contribution in [0.5, 0.6) is 0 Å². The standard InChI is InChI=1S/C12H14ClF3N2O2/c1-19-7-9-6-18(2-3-20-9)11-5-8(12(14,15)16)4-10(13)17-11/h4-5,9H,2-3,6-7H2,1H3. The molecule has 1 aliphatic heterocycles. The van der Waals surface area contributed by atoms with Crippen LogP contribution in [0.4, 0.5) is 19.0 Å². The predicted molar refractivity (Wildman–Crippen MR) is 68.1 cm³/mol. The van der Waals surface area contributed by atoms with Crippen LogP contribution < -0.4 is 4.90 Å². The minimum atomic E-state index is -4.44. The Kier molecular flexibility index (Phi) is 4.72. The van der Waals surface area contributed by atoms with Gasteiger partial charge in [0.2, 0.25) is 0 Å². The van der Waals surface area contributed by atoms with Crippen LogP contribution in [0.25, 0.3) is 0 Å². The molecule has 0 spiro atoms. The summed E-state index contributed by atoms with van der Waals surface area (Å²) in [4.78, 5) is 5.68. The van der Waals surface area contributed by atoms with Gasteiger partial charge in [-0.05, 0) is 12.1 Å². The monoisotopic (exact) mass is 310 g/mol. The van der Waals surface area contributed by atoms with Gasteiger partial charge in [-0.1, -0.05) is 11.6 Å². The molecule has 1 atom stereocenters. The Morgan fingerprint density at radius 3 is 2.90 bits per heavy atom. The molecular weight excluding hydrogens is 297 g/mol. The quantitative estimate of drug-likeness (QED) is 0.804. The van der Waals surface area contributed by atoms with Crippen LogP contribution >= 0.6 is 11.6 Å². The van der Waals surface area contributed by atoms with Crippen LogP contribution in [-0.4, -0.2) is 44.5 Å². The summed E-state index contributed by atoms with van der Waals surface area (Å²) in [5, 5.41) is -0.176. The van der Waals surface area contributed by atoms with E-state index in [0.29, 0.717) is 26.3 Å². The molecule has 0 aromatic carbocycles. The van der Waals surface area contributed by atoms with Gasteiger partial charge in [0.05, 0.1) is 24.9 Å². The van der Waals surface area contributed by atoms with E-state index in [1.165, 1.54) is 0 Å². The van der Waals surface area contributed by atoms with Gasteiger partial charge in [0.15, 0.2) is 0 Å². The summed E-state index contributed by atoms with van der Waals surface area (Å²) in [5.41, 5.74) is -0.803. The largest absolute Gasteiger partial charge is 0.416 e. The zero-order chi connectivity index (χ0) is 14.8. The van der Waals surface area contributed by atoms with Crippen molar-refractivity contribution in [3.63, 3.8) is 0 Å². The van der Waals surface area contributed by atoms with E-state index in [1.807, 2.05) is 0 Å². The number of anilines is 1. The maximum Gasteiger partial charge on any atom is 0.416 e. The minimum Gasteiger partial charge on any atom is -0.382 e. The third kappa shape index (κ3) is 3.74. The summed E-state index contributed by atoms with van der Waals surface area (Å²) in [6, 6.07) is 1.82. The summed E-state index contributed by atoms with van der Waals surface area (Å²) in [5.74, 6) is 0.203. The number of hydrogen-bond acceptors (Lipinski definition) is 4. The minimum absolute atomic E-state index is 0.176. The van der Waals surface area contributed by atoms with Gasteiger partial charge in [0.25, 0.3) is 0 Å². The Balaban J connectivity index is 2.21. The van der Waals surface area contributed by atoms with E-state index in [4.69, 9.17) is 21.1 Å². The van der Waals surface area contributed by atoms with E-state index in [9.17, 15) is 13.2 Å². The number of aromatic nitrogens is 1. The molecule has 4 nitrogen and oxygen atoms in total. The second kappa shape index (κ2) is 6.15. The van der Waals surface area contributed by atoms with Crippen molar-refractivity contribution in [1.82, 2.24) is 4.98 Å². The lowest BCUT2D eigenvalue weighted by molar-refractivity contribution is -0.137. The van der Waals surface area contributed by atoms with Gasteiger partial charge >= 0.3 is 6.18 Å². The van der Waals surface area contributed by atoms with Gasteiger partial charge in [-0.15, -0.1) is 0 Å². The number of morpholine rings is 1. The highest BCUT2D eigenvalue weighted by molar-refractivity contribution is 6.29. The van der Waals surface area contributed by atoms with E-state index in [2.05, 4.69) is 4.98 Å². The maximum atomic E-state index is 12.8. The molecule has 0 bridgehead atoms. The molecule has 1 fully saturated rings. The first-order valence-electron chi connectivity index (χ1n) is 6.00. The smallest absolute Gasteiger partial charge is 0.382 e. The van der Waals surface area contributed by atoms with Crippen molar-refractivity contribution in [1.29, 1.82) is 0 Å². The maximum absolute atomic E-state index is 12.8. The van der Waals surface area contributed by atoms with E-state index >= 15 is 0 Å². The molecule has 1 aromatic heterocycles. The molecule has 2 heterocycles. The average Bonchev–Trinajstić information content (AvgIpc) is 2.38. The van der Waals surface area contributed by atoms with Crippen molar-refractivity contribution in [2.24, 2.45) is 0 Å². The summed E-state index contributed by atoms with van der Waals surface area (Å²) < 4.78 is 48.7. The highest BCUT2D eigenvalue weighted by Gasteiger charge is 2.32. The van der Waals surface area contributed by atoms with Crippen molar-refractivity contribution in [3.05, 3.63) is 22.8 Å². The predicted octanol–water partition coefficient (Wildman–Crippen LogP) is 2.61. The van der Waals surface area contributed by atoms with Gasteiger partial charge in [0, 0.05) is 20.2 Å². The van der Waals surface area contributed by atoms with E-state index in [1.54, 1.807) is 12.0 Å². The Bertz CT molecular complexity index is 469. The Labute approximate surface area is 119 Å². The molecule has 20 heavy (non-hydrogen) atoms. The average molecular weight is 311 g/mol. The number of halogens is 4. The SMILES string of the molecule is COCC1CN(c2cc(C(F)(F)F)cc(Cl)n2)CCO1. The third-order valence-corrected chi connectivity index (χ3v) is 3.12. The third-order valence-electron chi connectivity index (χ3n) is 2.92. The Morgan fingerprint density at radius 2 is 2.25 bits per heavy atom. The number of rotatable bonds is 3. The number of alkyl halides is 3. The second-order valence-electron chi connectivity index (χ2n) is 4.43. The van der Waals surface area contributed by atoms with Crippen molar-refractivity contribution in [2.75, 3.05) is 38.3 Å². The highest BCUT2D eigenvalue weighted by Crippen LogP contribution is 2.33. The van der Waals surface area contributed by atoms with Crippen molar-refractivity contribution in [2.45, 2.75) is 12.3 Å². The van der Waals surface area contributed by atoms with Gasteiger partial charge in [-0.3, -0.25) is 0 Å². The number of pyridine rings is 1. The molecular formula is C12H14ClF3N2O2. The summed E-state index contributed by atoms with van der Waals surface area (Å²) >= 11 is 5.68. The first-order chi connectivity index (χ1) is 9.40. The fourth-order valence-corrected chi connectivity index (χ4v) is 2.23. The number of hydrogen-bond donors (Lipinski definition) is 0. The summed E-state index contributed by atoms with van der Waals surface area (Å²) in [7, 11) is 1.54. The van der Waals surface area contributed by atoms with Crippen LogP contribution in [0.3, 0.4) is 0 Å². The fraction of sp³-hybridized carbons (Fsp3) is 0.583. The van der Waals surface area contributed by atoms with E-state index in [-0.39, 0.29) is 17.1 Å². The van der Waals surface area contributed by atoms with Crippen molar-refractivity contribution >= 4 is 17.4 Å². The Morgan fingerprint density at radius 1 is 1.50 bits per heavy atom. The zero-order valence-electron chi connectivity index (χ0n) is 10.8. The zero-order valence-corrected chi connectivity index (χ0v) is 11.5. The lowest BCUT2D eigenvalue weighted by Gasteiger charge is -2.33. The number of nitrogens with zero attached hydrogens (tertiary/aromatic N) is 2. The number of methoxy groups -OCH3 is 1. The molecule has 1 aromatic rings.